The maximum Gasteiger partial charge on any atom is 0.270 e. The van der Waals surface area contributed by atoms with Crippen molar-refractivity contribution in [1.29, 1.82) is 5.26 Å². The highest BCUT2D eigenvalue weighted by atomic mass is 35.5. The number of non-ortho nitro benzene ring substituents is 2. The molecule has 0 fully saturated rings. The minimum Gasteiger partial charge on any atom is -0.493 e. The van der Waals surface area contributed by atoms with Crippen LogP contribution < -0.4 is 9.47 Å². The quantitative estimate of drug-likeness (QED) is 0.177. The monoisotopic (exact) mass is 465 g/mol. The fourth-order valence-electron chi connectivity index (χ4n) is 3.01. The number of hydrogen-bond acceptors (Lipinski definition) is 7. The molecule has 0 atom stereocenters. The number of halogens is 1. The number of nitriles is 1. The summed E-state index contributed by atoms with van der Waals surface area (Å²) in [7, 11) is 1.42. The lowest BCUT2D eigenvalue weighted by atomic mass is 10.0. The fourth-order valence-corrected chi connectivity index (χ4v) is 3.29. The number of hydrogen-bond donors (Lipinski definition) is 0. The van der Waals surface area contributed by atoms with Crippen molar-refractivity contribution in [2.24, 2.45) is 0 Å². The zero-order valence-corrected chi connectivity index (χ0v) is 18.0. The molecule has 3 aromatic rings. The summed E-state index contributed by atoms with van der Waals surface area (Å²) in [5.74, 6) is 0.521. The molecule has 3 rings (SSSR count). The summed E-state index contributed by atoms with van der Waals surface area (Å²) in [4.78, 5) is 20.9. The van der Waals surface area contributed by atoms with E-state index in [1.165, 1.54) is 43.5 Å². The molecular formula is C23H16ClN3O6. The van der Waals surface area contributed by atoms with Gasteiger partial charge in [0.15, 0.2) is 11.5 Å². The van der Waals surface area contributed by atoms with E-state index in [2.05, 4.69) is 0 Å². The Bertz CT molecular complexity index is 1300. The van der Waals surface area contributed by atoms with Gasteiger partial charge in [-0.2, -0.15) is 5.26 Å². The third-order valence-electron chi connectivity index (χ3n) is 4.56. The lowest BCUT2D eigenvalue weighted by Gasteiger charge is -2.13. The highest BCUT2D eigenvalue weighted by Crippen LogP contribution is 2.38. The molecule has 0 saturated heterocycles. The van der Waals surface area contributed by atoms with E-state index < -0.39 is 9.85 Å². The van der Waals surface area contributed by atoms with Crippen LogP contribution >= 0.6 is 11.6 Å². The number of nitrogens with zero attached hydrogens (tertiary/aromatic N) is 3. The van der Waals surface area contributed by atoms with Crippen LogP contribution in [0.15, 0.2) is 60.7 Å². The predicted molar refractivity (Wildman–Crippen MR) is 122 cm³/mol. The minimum absolute atomic E-state index is 0.0179. The van der Waals surface area contributed by atoms with Gasteiger partial charge in [-0.3, -0.25) is 20.2 Å². The predicted octanol–water partition coefficient (Wildman–Crippen LogP) is 5.81. The second-order valence-corrected chi connectivity index (χ2v) is 7.13. The van der Waals surface area contributed by atoms with Crippen LogP contribution in [0.3, 0.4) is 0 Å². The first-order chi connectivity index (χ1) is 15.8. The molecule has 0 aliphatic heterocycles. The standard InChI is InChI=1S/C23H16ClN3O6/c1-32-22-11-16(8-18(13-25)17-5-3-7-20(12-17)27(30)31)10-21(24)23(22)33-14-15-4-2-6-19(9-15)26(28)29/h2-12H,14H2,1H3/b18-8-. The third kappa shape index (κ3) is 5.64. The van der Waals surface area contributed by atoms with E-state index in [1.54, 1.807) is 30.3 Å². The molecule has 9 nitrogen and oxygen atoms in total. The van der Waals surface area contributed by atoms with Gasteiger partial charge in [-0.1, -0.05) is 35.9 Å². The van der Waals surface area contributed by atoms with Crippen molar-refractivity contribution in [2.75, 3.05) is 7.11 Å². The van der Waals surface area contributed by atoms with E-state index >= 15 is 0 Å². The van der Waals surface area contributed by atoms with Crippen molar-refractivity contribution in [3.8, 4) is 17.6 Å². The van der Waals surface area contributed by atoms with Crippen LogP contribution in [0, 0.1) is 31.6 Å². The van der Waals surface area contributed by atoms with Gasteiger partial charge in [0.25, 0.3) is 11.4 Å². The van der Waals surface area contributed by atoms with Crippen molar-refractivity contribution < 1.29 is 19.3 Å². The molecule has 0 spiro atoms. The number of rotatable bonds is 8. The fraction of sp³-hybridized carbons (Fsp3) is 0.0870. The van der Waals surface area contributed by atoms with Crippen LogP contribution in [-0.4, -0.2) is 17.0 Å². The van der Waals surface area contributed by atoms with E-state index in [0.717, 1.165) is 0 Å². The molecule has 0 radical (unpaired) electrons. The third-order valence-corrected chi connectivity index (χ3v) is 4.84. The number of nitro groups is 2. The normalized spacial score (nSPS) is 10.9. The molecule has 166 valence electrons. The number of methoxy groups -OCH3 is 1. The van der Waals surface area contributed by atoms with E-state index in [1.807, 2.05) is 6.07 Å². The highest BCUT2D eigenvalue weighted by molar-refractivity contribution is 6.32. The summed E-state index contributed by atoms with van der Waals surface area (Å²) >= 11 is 6.39. The second kappa shape index (κ2) is 10.3. The molecule has 0 aromatic heterocycles. The maximum atomic E-state index is 11.0. The maximum absolute atomic E-state index is 11.0. The summed E-state index contributed by atoms with van der Waals surface area (Å²) < 4.78 is 11.1. The van der Waals surface area contributed by atoms with Crippen molar-refractivity contribution in [2.45, 2.75) is 6.61 Å². The molecule has 0 heterocycles. The molecule has 33 heavy (non-hydrogen) atoms. The Morgan fingerprint density at radius 3 is 2.36 bits per heavy atom. The molecule has 10 heteroatoms. The van der Waals surface area contributed by atoms with Gasteiger partial charge in [-0.25, -0.2) is 0 Å². The lowest BCUT2D eigenvalue weighted by molar-refractivity contribution is -0.385. The van der Waals surface area contributed by atoms with Gasteiger partial charge < -0.3 is 9.47 Å². The van der Waals surface area contributed by atoms with Gasteiger partial charge in [0.2, 0.25) is 0 Å². The van der Waals surface area contributed by atoms with Crippen LogP contribution in [0.2, 0.25) is 5.02 Å². The number of nitro benzene ring substituents is 2. The Balaban J connectivity index is 1.90. The summed E-state index contributed by atoms with van der Waals surface area (Å²) in [6.45, 7) is 0.0179. The van der Waals surface area contributed by atoms with Crippen LogP contribution in [0.4, 0.5) is 11.4 Å². The summed E-state index contributed by atoms with van der Waals surface area (Å²) in [6, 6.07) is 17.0. The van der Waals surface area contributed by atoms with Crippen molar-refractivity contribution >= 4 is 34.6 Å². The van der Waals surface area contributed by atoms with Crippen LogP contribution in [0.5, 0.6) is 11.5 Å². The Hall–Kier alpha value is -4.42. The average Bonchev–Trinajstić information content (AvgIpc) is 2.81. The first kappa shape index (κ1) is 23.2. The van der Waals surface area contributed by atoms with Gasteiger partial charge in [-0.05, 0) is 34.9 Å². The minimum atomic E-state index is -0.536. The molecule has 0 saturated carbocycles. The van der Waals surface area contributed by atoms with Gasteiger partial charge >= 0.3 is 0 Å². The molecule has 3 aromatic carbocycles. The van der Waals surface area contributed by atoms with Crippen LogP contribution in [0.1, 0.15) is 16.7 Å². The molecule has 0 aliphatic rings. The molecular weight excluding hydrogens is 450 g/mol. The summed E-state index contributed by atoms with van der Waals surface area (Å²) in [6.07, 6.45) is 1.53. The number of ether oxygens (including phenoxy) is 2. The molecule has 0 bridgehead atoms. The Labute approximate surface area is 193 Å². The zero-order chi connectivity index (χ0) is 24.0. The highest BCUT2D eigenvalue weighted by Gasteiger charge is 2.14. The second-order valence-electron chi connectivity index (χ2n) is 6.73. The SMILES string of the molecule is COc1cc(/C=C(/C#N)c2cccc([N+](=O)[O-])c2)cc(Cl)c1OCc1cccc([N+](=O)[O-])c1. The van der Waals surface area contributed by atoms with Crippen molar-refractivity contribution in [3.05, 3.63) is 103 Å². The topological polar surface area (TPSA) is 129 Å². The first-order valence-corrected chi connectivity index (χ1v) is 9.80. The van der Waals surface area contributed by atoms with E-state index in [9.17, 15) is 25.5 Å². The van der Waals surface area contributed by atoms with Gasteiger partial charge in [0.05, 0.1) is 33.6 Å². The Morgan fingerprint density at radius 2 is 1.73 bits per heavy atom. The lowest BCUT2D eigenvalue weighted by Crippen LogP contribution is -2.00. The largest absolute Gasteiger partial charge is 0.493 e. The van der Waals surface area contributed by atoms with Crippen molar-refractivity contribution in [1.82, 2.24) is 0 Å². The van der Waals surface area contributed by atoms with Crippen molar-refractivity contribution in [3.63, 3.8) is 0 Å². The Kier molecular flexibility index (Phi) is 7.23. The first-order valence-electron chi connectivity index (χ1n) is 9.42. The average molecular weight is 466 g/mol. The van der Waals surface area contributed by atoms with Crippen LogP contribution in [0.25, 0.3) is 11.6 Å². The molecule has 0 unspecified atom stereocenters. The van der Waals surface area contributed by atoms with E-state index in [4.69, 9.17) is 21.1 Å². The summed E-state index contributed by atoms with van der Waals surface area (Å²) in [5, 5.41) is 31.7. The Morgan fingerprint density at radius 1 is 1.06 bits per heavy atom. The molecule has 0 N–H and O–H groups in total. The number of benzene rings is 3. The van der Waals surface area contributed by atoms with E-state index in [0.29, 0.717) is 16.7 Å². The smallest absolute Gasteiger partial charge is 0.270 e. The summed E-state index contributed by atoms with van der Waals surface area (Å²) in [5.41, 5.74) is 1.48. The van der Waals surface area contributed by atoms with Crippen LogP contribution in [-0.2, 0) is 6.61 Å². The van der Waals surface area contributed by atoms with Gasteiger partial charge in [0, 0.05) is 24.3 Å². The van der Waals surface area contributed by atoms with Gasteiger partial charge in [-0.15, -0.1) is 0 Å². The number of allylic oxidation sites excluding steroid dienone is 1. The van der Waals surface area contributed by atoms with Gasteiger partial charge in [0.1, 0.15) is 6.61 Å². The van der Waals surface area contributed by atoms with E-state index in [-0.39, 0.29) is 40.1 Å². The molecule has 0 aliphatic carbocycles. The molecule has 0 amide bonds. The zero-order valence-electron chi connectivity index (χ0n) is 17.2.